The Bertz CT molecular complexity index is 417. The van der Waals surface area contributed by atoms with Crippen molar-refractivity contribution in [2.75, 3.05) is 14.2 Å². The van der Waals surface area contributed by atoms with Crippen molar-refractivity contribution < 1.29 is 14.6 Å². The van der Waals surface area contributed by atoms with Gasteiger partial charge in [-0.05, 0) is 23.7 Å². The maximum atomic E-state index is 11.2. The van der Waals surface area contributed by atoms with Gasteiger partial charge in [-0.2, -0.15) is 0 Å². The third-order valence-corrected chi connectivity index (χ3v) is 2.85. The molecule has 1 aromatic rings. The van der Waals surface area contributed by atoms with Crippen LogP contribution in [0.1, 0.15) is 22.8 Å². The number of rotatable bonds is 2. The molecule has 86 valence electrons. The van der Waals surface area contributed by atoms with Gasteiger partial charge in [0.15, 0.2) is 6.10 Å². The average Bonchev–Trinajstić information content (AvgIpc) is 2.65. The van der Waals surface area contributed by atoms with Crippen LogP contribution in [-0.2, 0) is 22.6 Å². The molecule has 4 nitrogen and oxygen atoms in total. The van der Waals surface area contributed by atoms with E-state index < -0.39 is 12.1 Å². The molecule has 0 amide bonds. The number of aliphatic hydroxyl groups excluding tert-OH is 1. The van der Waals surface area contributed by atoms with Crippen molar-refractivity contribution in [2.24, 2.45) is 0 Å². The van der Waals surface area contributed by atoms with Crippen LogP contribution >= 0.6 is 0 Å². The van der Waals surface area contributed by atoms with E-state index in [-0.39, 0.29) is 0 Å². The molecule has 0 fully saturated rings. The fourth-order valence-electron chi connectivity index (χ4n) is 2.00. The number of fused-ring (bicyclic) bond motifs is 1. The molecule has 1 aliphatic heterocycles. The SMILES string of the molecule is COC(=O)C(O)c1ccc2c(c1)CN(C)C2. The third-order valence-electron chi connectivity index (χ3n) is 2.85. The van der Waals surface area contributed by atoms with Gasteiger partial charge in [0.25, 0.3) is 0 Å². The molecule has 1 heterocycles. The van der Waals surface area contributed by atoms with Crippen molar-refractivity contribution in [3.8, 4) is 0 Å². The molecule has 0 saturated carbocycles. The molecule has 1 unspecified atom stereocenters. The lowest BCUT2D eigenvalue weighted by Gasteiger charge is -2.09. The lowest BCUT2D eigenvalue weighted by molar-refractivity contribution is -0.150. The molecule has 1 N–H and O–H groups in total. The minimum Gasteiger partial charge on any atom is -0.467 e. The van der Waals surface area contributed by atoms with Gasteiger partial charge < -0.3 is 9.84 Å². The smallest absolute Gasteiger partial charge is 0.339 e. The van der Waals surface area contributed by atoms with Gasteiger partial charge in [-0.25, -0.2) is 4.79 Å². The second-order valence-electron chi connectivity index (χ2n) is 4.13. The summed E-state index contributed by atoms with van der Waals surface area (Å²) in [6.07, 6.45) is -1.18. The molecule has 1 atom stereocenters. The molecule has 0 saturated heterocycles. The summed E-state index contributed by atoms with van der Waals surface area (Å²) >= 11 is 0. The largest absolute Gasteiger partial charge is 0.467 e. The van der Waals surface area contributed by atoms with Crippen LogP contribution < -0.4 is 0 Å². The van der Waals surface area contributed by atoms with E-state index in [1.807, 2.05) is 19.2 Å². The number of hydrogen-bond donors (Lipinski definition) is 1. The summed E-state index contributed by atoms with van der Waals surface area (Å²) < 4.78 is 4.51. The Morgan fingerprint density at radius 3 is 2.81 bits per heavy atom. The monoisotopic (exact) mass is 221 g/mol. The highest BCUT2D eigenvalue weighted by molar-refractivity contribution is 5.76. The zero-order valence-corrected chi connectivity index (χ0v) is 9.43. The van der Waals surface area contributed by atoms with E-state index >= 15 is 0 Å². The zero-order valence-electron chi connectivity index (χ0n) is 9.43. The van der Waals surface area contributed by atoms with Crippen LogP contribution in [0.2, 0.25) is 0 Å². The molecule has 1 aliphatic rings. The number of esters is 1. The number of carbonyl (C=O) groups excluding carboxylic acids is 1. The maximum Gasteiger partial charge on any atom is 0.339 e. The van der Waals surface area contributed by atoms with Crippen molar-refractivity contribution in [3.63, 3.8) is 0 Å². The number of methoxy groups -OCH3 is 1. The van der Waals surface area contributed by atoms with Gasteiger partial charge in [0.2, 0.25) is 0 Å². The minimum absolute atomic E-state index is 0.598. The summed E-state index contributed by atoms with van der Waals surface area (Å²) in [4.78, 5) is 13.4. The highest BCUT2D eigenvalue weighted by Crippen LogP contribution is 2.25. The summed E-state index contributed by atoms with van der Waals surface area (Å²) in [5.41, 5.74) is 3.02. The highest BCUT2D eigenvalue weighted by Gasteiger charge is 2.21. The van der Waals surface area contributed by atoms with Gasteiger partial charge in [0.05, 0.1) is 7.11 Å². The fraction of sp³-hybridized carbons (Fsp3) is 0.417. The summed E-state index contributed by atoms with van der Waals surface area (Å²) in [6.45, 7) is 1.78. The fourth-order valence-corrected chi connectivity index (χ4v) is 2.00. The van der Waals surface area contributed by atoms with E-state index in [2.05, 4.69) is 9.64 Å². The summed E-state index contributed by atoms with van der Waals surface area (Å²) in [7, 11) is 3.31. The average molecular weight is 221 g/mol. The lowest BCUT2D eigenvalue weighted by Crippen LogP contribution is -2.13. The van der Waals surface area contributed by atoms with E-state index in [0.29, 0.717) is 5.56 Å². The van der Waals surface area contributed by atoms with Crippen molar-refractivity contribution in [3.05, 3.63) is 34.9 Å². The molecule has 0 bridgehead atoms. The minimum atomic E-state index is -1.18. The van der Waals surface area contributed by atoms with Gasteiger partial charge in [-0.1, -0.05) is 18.2 Å². The second-order valence-corrected chi connectivity index (χ2v) is 4.13. The zero-order chi connectivity index (χ0) is 11.7. The lowest BCUT2D eigenvalue weighted by atomic mass is 10.0. The van der Waals surface area contributed by atoms with Gasteiger partial charge in [-0.15, -0.1) is 0 Å². The van der Waals surface area contributed by atoms with E-state index in [1.54, 1.807) is 6.07 Å². The Kier molecular flexibility index (Phi) is 2.94. The normalized spacial score (nSPS) is 16.9. The summed E-state index contributed by atoms with van der Waals surface area (Å²) in [5.74, 6) is -0.619. The number of nitrogens with zero attached hydrogens (tertiary/aromatic N) is 1. The van der Waals surface area contributed by atoms with Gasteiger partial charge >= 0.3 is 5.97 Å². The Hall–Kier alpha value is -1.39. The number of ether oxygens (including phenoxy) is 1. The molecule has 0 aliphatic carbocycles. The topological polar surface area (TPSA) is 49.8 Å². The van der Waals surface area contributed by atoms with Crippen molar-refractivity contribution in [1.29, 1.82) is 0 Å². The van der Waals surface area contributed by atoms with Gasteiger partial charge in [-0.3, -0.25) is 4.90 Å². The van der Waals surface area contributed by atoms with Crippen LogP contribution in [0.5, 0.6) is 0 Å². The molecule has 0 radical (unpaired) electrons. The van der Waals surface area contributed by atoms with E-state index in [9.17, 15) is 9.90 Å². The van der Waals surface area contributed by atoms with Crippen molar-refractivity contribution in [2.45, 2.75) is 19.2 Å². The first-order valence-electron chi connectivity index (χ1n) is 5.18. The first kappa shape index (κ1) is 11.1. The molecule has 1 aromatic carbocycles. The van der Waals surface area contributed by atoms with Crippen LogP contribution in [0.15, 0.2) is 18.2 Å². The quantitative estimate of drug-likeness (QED) is 0.752. The maximum absolute atomic E-state index is 11.2. The predicted octanol–water partition coefficient (Wildman–Crippen LogP) is 0.838. The standard InChI is InChI=1S/C12H15NO3/c1-13-6-9-4-3-8(5-10(9)7-13)11(14)12(15)16-2/h3-5,11,14H,6-7H2,1-2H3. The molecule has 4 heteroatoms. The van der Waals surface area contributed by atoms with Crippen molar-refractivity contribution >= 4 is 5.97 Å². The van der Waals surface area contributed by atoms with Crippen LogP contribution in [0.25, 0.3) is 0 Å². The third kappa shape index (κ3) is 1.94. The predicted molar refractivity (Wildman–Crippen MR) is 58.6 cm³/mol. The molecule has 16 heavy (non-hydrogen) atoms. The van der Waals surface area contributed by atoms with Crippen LogP contribution in [-0.4, -0.2) is 30.1 Å². The van der Waals surface area contributed by atoms with Gasteiger partial charge in [0, 0.05) is 13.1 Å². The number of benzene rings is 1. The Morgan fingerprint density at radius 1 is 1.44 bits per heavy atom. The van der Waals surface area contributed by atoms with E-state index in [4.69, 9.17) is 0 Å². The Morgan fingerprint density at radius 2 is 2.12 bits per heavy atom. The molecular formula is C12H15NO3. The van der Waals surface area contributed by atoms with Crippen LogP contribution in [0, 0.1) is 0 Å². The summed E-state index contributed by atoms with van der Waals surface area (Å²) in [5, 5.41) is 9.70. The summed E-state index contributed by atoms with van der Waals surface area (Å²) in [6, 6.07) is 5.61. The van der Waals surface area contributed by atoms with Crippen LogP contribution in [0.3, 0.4) is 0 Å². The van der Waals surface area contributed by atoms with E-state index in [0.717, 1.165) is 13.1 Å². The second kappa shape index (κ2) is 4.23. The Labute approximate surface area is 94.4 Å². The molecule has 2 rings (SSSR count). The Balaban J connectivity index is 2.25. The van der Waals surface area contributed by atoms with E-state index in [1.165, 1.54) is 18.2 Å². The number of carbonyl (C=O) groups is 1. The van der Waals surface area contributed by atoms with Gasteiger partial charge in [0.1, 0.15) is 0 Å². The number of aliphatic hydroxyl groups is 1. The molecule has 0 spiro atoms. The molecule has 0 aromatic heterocycles. The highest BCUT2D eigenvalue weighted by atomic mass is 16.5. The number of hydrogen-bond acceptors (Lipinski definition) is 4. The first-order chi connectivity index (χ1) is 7.61. The van der Waals surface area contributed by atoms with Crippen molar-refractivity contribution in [1.82, 2.24) is 4.90 Å². The first-order valence-corrected chi connectivity index (χ1v) is 5.18. The van der Waals surface area contributed by atoms with Crippen LogP contribution in [0.4, 0.5) is 0 Å². The molecular weight excluding hydrogens is 206 g/mol.